The molecule has 0 fully saturated rings. The molecule has 0 aromatic heterocycles. The molecule has 27 heavy (non-hydrogen) atoms. The van der Waals surface area contributed by atoms with Crippen molar-refractivity contribution in [2.45, 2.75) is 26.8 Å². The first-order valence-electron chi connectivity index (χ1n) is 9.09. The fraction of sp³-hybridized carbons (Fsp3) is 0.333. The lowest BCUT2D eigenvalue weighted by Gasteiger charge is -2.23. The van der Waals surface area contributed by atoms with Crippen LogP contribution in [0.2, 0.25) is 0 Å². The van der Waals surface area contributed by atoms with Gasteiger partial charge in [-0.1, -0.05) is 12.1 Å². The molecular weight excluding hydrogens is 342 g/mol. The summed E-state index contributed by atoms with van der Waals surface area (Å²) in [5, 5.41) is 5.79. The van der Waals surface area contributed by atoms with Crippen LogP contribution in [0, 0.1) is 6.92 Å². The molecule has 6 heteroatoms. The molecule has 2 aromatic carbocycles. The van der Waals surface area contributed by atoms with Crippen LogP contribution in [-0.4, -0.2) is 38.1 Å². The number of anilines is 2. The van der Waals surface area contributed by atoms with Crippen LogP contribution in [0.15, 0.2) is 48.5 Å². The molecule has 3 N–H and O–H groups in total. The van der Waals surface area contributed by atoms with E-state index in [-0.39, 0.29) is 24.4 Å². The molecule has 1 unspecified atom stereocenters. The van der Waals surface area contributed by atoms with E-state index in [1.165, 1.54) is 0 Å². The third-order valence-corrected chi connectivity index (χ3v) is 4.51. The van der Waals surface area contributed by atoms with Crippen LogP contribution in [0.25, 0.3) is 0 Å². The maximum Gasteiger partial charge on any atom is 0.282 e. The van der Waals surface area contributed by atoms with E-state index >= 15 is 0 Å². The first-order valence-corrected chi connectivity index (χ1v) is 9.09. The van der Waals surface area contributed by atoms with Gasteiger partial charge in [0.1, 0.15) is 5.75 Å². The SMILES string of the molecule is CC[NH+](CC(=O)Nc1ccc(OC)cc1)[C@@H](C)C(=O)Nc1cccc(C)c1. The smallest absolute Gasteiger partial charge is 0.282 e. The standard InChI is InChI=1S/C21H27N3O3/c1-5-24(14-20(25)22-17-9-11-19(27-4)12-10-17)16(3)21(26)23-18-8-6-7-15(2)13-18/h6-13,16H,5,14H2,1-4H3,(H,22,25)(H,23,26)/p+1/t16-/m0/s1. The van der Waals surface area contributed by atoms with E-state index in [9.17, 15) is 9.59 Å². The molecule has 6 nitrogen and oxygen atoms in total. The molecule has 0 aliphatic heterocycles. The van der Waals surface area contributed by atoms with Gasteiger partial charge in [-0.2, -0.15) is 0 Å². The van der Waals surface area contributed by atoms with E-state index in [1.54, 1.807) is 31.4 Å². The Kier molecular flexibility index (Phi) is 7.37. The number of carbonyl (C=O) groups is 2. The zero-order valence-corrected chi connectivity index (χ0v) is 16.3. The lowest BCUT2D eigenvalue weighted by atomic mass is 10.2. The third kappa shape index (κ3) is 6.11. The summed E-state index contributed by atoms with van der Waals surface area (Å²) in [6, 6.07) is 14.5. The van der Waals surface area contributed by atoms with Crippen molar-refractivity contribution in [3.05, 3.63) is 54.1 Å². The number of likely N-dealkylation sites (N-methyl/N-ethyl adjacent to an activating group) is 1. The minimum Gasteiger partial charge on any atom is -0.497 e. The number of carbonyl (C=O) groups excluding carboxylic acids is 2. The van der Waals surface area contributed by atoms with Gasteiger partial charge in [-0.05, 0) is 62.7 Å². The summed E-state index contributed by atoms with van der Waals surface area (Å²) in [5.74, 6) is 0.497. The molecule has 0 aliphatic carbocycles. The Morgan fingerprint density at radius 1 is 1.07 bits per heavy atom. The summed E-state index contributed by atoms with van der Waals surface area (Å²) in [6.45, 7) is 6.66. The van der Waals surface area contributed by atoms with Crippen molar-refractivity contribution in [3.63, 3.8) is 0 Å². The molecule has 0 heterocycles. The second-order valence-electron chi connectivity index (χ2n) is 6.55. The van der Waals surface area contributed by atoms with Gasteiger partial charge in [0.05, 0.1) is 13.7 Å². The molecular formula is C21H28N3O3+. The molecule has 144 valence electrons. The van der Waals surface area contributed by atoms with Crippen LogP contribution in [0.1, 0.15) is 19.4 Å². The summed E-state index contributed by atoms with van der Waals surface area (Å²) in [7, 11) is 1.60. The average Bonchev–Trinajstić information content (AvgIpc) is 2.66. The number of benzene rings is 2. The number of hydrogen-bond donors (Lipinski definition) is 3. The fourth-order valence-corrected chi connectivity index (χ4v) is 2.83. The van der Waals surface area contributed by atoms with Crippen LogP contribution < -0.4 is 20.3 Å². The van der Waals surface area contributed by atoms with Gasteiger partial charge >= 0.3 is 0 Å². The van der Waals surface area contributed by atoms with E-state index in [1.807, 2.05) is 45.0 Å². The number of amides is 2. The van der Waals surface area contributed by atoms with Gasteiger partial charge in [0.15, 0.2) is 12.6 Å². The predicted molar refractivity (Wildman–Crippen MR) is 107 cm³/mol. The van der Waals surface area contributed by atoms with Crippen molar-refractivity contribution in [1.29, 1.82) is 0 Å². The fourth-order valence-electron chi connectivity index (χ4n) is 2.83. The first kappa shape index (κ1) is 20.5. The Morgan fingerprint density at radius 3 is 2.37 bits per heavy atom. The number of ether oxygens (including phenoxy) is 1. The van der Waals surface area contributed by atoms with Crippen molar-refractivity contribution < 1.29 is 19.2 Å². The Morgan fingerprint density at radius 2 is 1.78 bits per heavy atom. The maximum atomic E-state index is 12.6. The van der Waals surface area contributed by atoms with Crippen molar-refractivity contribution >= 4 is 23.2 Å². The van der Waals surface area contributed by atoms with Crippen LogP contribution >= 0.6 is 0 Å². The van der Waals surface area contributed by atoms with E-state index in [0.29, 0.717) is 12.2 Å². The van der Waals surface area contributed by atoms with Crippen molar-refractivity contribution in [1.82, 2.24) is 0 Å². The molecule has 0 aliphatic rings. The first-order chi connectivity index (χ1) is 12.9. The minimum atomic E-state index is -0.350. The van der Waals surface area contributed by atoms with Gasteiger partial charge in [0.25, 0.3) is 11.8 Å². The third-order valence-electron chi connectivity index (χ3n) is 4.51. The Labute approximate surface area is 160 Å². The lowest BCUT2D eigenvalue weighted by Crippen LogP contribution is -3.17. The summed E-state index contributed by atoms with van der Waals surface area (Å²) in [6.07, 6.45) is 0. The average molecular weight is 370 g/mol. The highest BCUT2D eigenvalue weighted by molar-refractivity contribution is 5.94. The van der Waals surface area contributed by atoms with Gasteiger partial charge in [0.2, 0.25) is 0 Å². The van der Waals surface area contributed by atoms with E-state index in [4.69, 9.17) is 4.74 Å². The van der Waals surface area contributed by atoms with Crippen molar-refractivity contribution in [2.75, 3.05) is 30.8 Å². The second-order valence-corrected chi connectivity index (χ2v) is 6.55. The van der Waals surface area contributed by atoms with Crippen LogP contribution in [-0.2, 0) is 9.59 Å². The molecule has 0 radical (unpaired) electrons. The quantitative estimate of drug-likeness (QED) is 0.664. The zero-order valence-electron chi connectivity index (χ0n) is 16.3. The van der Waals surface area contributed by atoms with Crippen LogP contribution in [0.3, 0.4) is 0 Å². The highest BCUT2D eigenvalue weighted by Gasteiger charge is 2.26. The molecule has 2 aromatic rings. The van der Waals surface area contributed by atoms with Gasteiger partial charge in [-0.15, -0.1) is 0 Å². The lowest BCUT2D eigenvalue weighted by molar-refractivity contribution is -0.904. The predicted octanol–water partition coefficient (Wildman–Crippen LogP) is 1.87. The molecule has 2 atom stereocenters. The zero-order chi connectivity index (χ0) is 19.8. The van der Waals surface area contributed by atoms with Crippen LogP contribution in [0.5, 0.6) is 5.75 Å². The number of hydrogen-bond acceptors (Lipinski definition) is 3. The molecule has 2 rings (SSSR count). The van der Waals surface area contributed by atoms with E-state index in [2.05, 4.69) is 10.6 Å². The van der Waals surface area contributed by atoms with Crippen LogP contribution in [0.4, 0.5) is 11.4 Å². The highest BCUT2D eigenvalue weighted by Crippen LogP contribution is 2.14. The minimum absolute atomic E-state index is 0.102. The topological polar surface area (TPSA) is 71.9 Å². The second kappa shape index (κ2) is 9.73. The summed E-state index contributed by atoms with van der Waals surface area (Å²) in [5.41, 5.74) is 2.55. The van der Waals surface area contributed by atoms with Crippen molar-refractivity contribution in [3.8, 4) is 5.75 Å². The Hall–Kier alpha value is -2.86. The van der Waals surface area contributed by atoms with Gasteiger partial charge in [-0.25, -0.2) is 0 Å². The number of methoxy groups -OCH3 is 1. The summed E-state index contributed by atoms with van der Waals surface area (Å²) >= 11 is 0. The normalized spacial score (nSPS) is 12.7. The number of aryl methyl sites for hydroxylation is 1. The summed E-state index contributed by atoms with van der Waals surface area (Å²) in [4.78, 5) is 25.8. The van der Waals surface area contributed by atoms with Gasteiger partial charge in [0, 0.05) is 11.4 Å². The van der Waals surface area contributed by atoms with Crippen molar-refractivity contribution in [2.24, 2.45) is 0 Å². The monoisotopic (exact) mass is 370 g/mol. The Balaban J connectivity index is 1.93. The Bertz CT molecular complexity index is 774. The van der Waals surface area contributed by atoms with E-state index in [0.717, 1.165) is 21.9 Å². The van der Waals surface area contributed by atoms with E-state index < -0.39 is 0 Å². The number of nitrogens with one attached hydrogen (secondary N) is 3. The van der Waals surface area contributed by atoms with Gasteiger partial charge < -0.3 is 20.3 Å². The highest BCUT2D eigenvalue weighted by atomic mass is 16.5. The maximum absolute atomic E-state index is 12.6. The molecule has 0 spiro atoms. The van der Waals surface area contributed by atoms with Gasteiger partial charge in [-0.3, -0.25) is 9.59 Å². The molecule has 0 saturated heterocycles. The molecule has 0 saturated carbocycles. The number of quaternary nitrogens is 1. The number of rotatable bonds is 8. The molecule has 0 bridgehead atoms. The molecule has 2 amide bonds. The summed E-state index contributed by atoms with van der Waals surface area (Å²) < 4.78 is 5.11. The largest absolute Gasteiger partial charge is 0.497 e.